The molecule has 1 saturated heterocycles. The van der Waals surface area contributed by atoms with Crippen LogP contribution in [0.2, 0.25) is 0 Å². The third-order valence-electron chi connectivity index (χ3n) is 4.23. The van der Waals surface area contributed by atoms with Gasteiger partial charge in [0, 0.05) is 13.1 Å². The average molecular weight is 381 g/mol. The summed E-state index contributed by atoms with van der Waals surface area (Å²) >= 11 is 1.24. The molecule has 1 aliphatic heterocycles. The van der Waals surface area contributed by atoms with E-state index in [0.717, 1.165) is 18.4 Å². The third kappa shape index (κ3) is 4.20. The predicted molar refractivity (Wildman–Crippen MR) is 94.6 cm³/mol. The molecule has 0 spiro atoms. The van der Waals surface area contributed by atoms with Crippen molar-refractivity contribution in [2.45, 2.75) is 23.0 Å². The number of thiophene rings is 1. The molecule has 0 radical (unpaired) electrons. The molecule has 3 rings (SSSR count). The Hall–Kier alpha value is -1.90. The van der Waals surface area contributed by atoms with Crippen LogP contribution < -0.4 is 4.74 Å². The molecule has 0 saturated carbocycles. The maximum absolute atomic E-state index is 12.6. The number of aliphatic carboxylic acids is 1. The summed E-state index contributed by atoms with van der Waals surface area (Å²) in [6.07, 6.45) is 1.46. The average Bonchev–Trinajstić information content (AvgIpc) is 3.16. The monoisotopic (exact) mass is 381 g/mol. The molecule has 8 heteroatoms. The minimum Gasteiger partial charge on any atom is -0.482 e. The van der Waals surface area contributed by atoms with Gasteiger partial charge in [0.05, 0.1) is 0 Å². The number of rotatable bonds is 6. The van der Waals surface area contributed by atoms with E-state index in [9.17, 15) is 13.2 Å². The number of nitrogens with zero attached hydrogens (tertiary/aromatic N) is 1. The lowest BCUT2D eigenvalue weighted by molar-refractivity contribution is -0.139. The maximum atomic E-state index is 12.6. The van der Waals surface area contributed by atoms with Gasteiger partial charge in [-0.3, -0.25) is 0 Å². The Morgan fingerprint density at radius 1 is 1.24 bits per heavy atom. The molecule has 1 aromatic carbocycles. The molecule has 6 nitrogen and oxygen atoms in total. The van der Waals surface area contributed by atoms with Crippen molar-refractivity contribution in [1.29, 1.82) is 0 Å². The maximum Gasteiger partial charge on any atom is 0.341 e. The lowest BCUT2D eigenvalue weighted by Gasteiger charge is -2.31. The van der Waals surface area contributed by atoms with Crippen LogP contribution in [0.25, 0.3) is 0 Å². The number of carboxylic acids is 1. The molecule has 0 bridgehead atoms. The van der Waals surface area contributed by atoms with Crippen LogP contribution in [0.4, 0.5) is 0 Å². The molecule has 2 aromatic rings. The van der Waals surface area contributed by atoms with Gasteiger partial charge in [0.2, 0.25) is 0 Å². The van der Waals surface area contributed by atoms with Gasteiger partial charge in [0.1, 0.15) is 9.96 Å². The number of carboxylic acid groups (broad SMARTS) is 1. The van der Waals surface area contributed by atoms with E-state index in [2.05, 4.69) is 0 Å². The van der Waals surface area contributed by atoms with Gasteiger partial charge in [-0.1, -0.05) is 18.2 Å². The molecule has 0 unspecified atom stereocenters. The first-order valence-electron chi connectivity index (χ1n) is 7.95. The summed E-state index contributed by atoms with van der Waals surface area (Å²) in [5.41, 5.74) is 1.05. The summed E-state index contributed by atoms with van der Waals surface area (Å²) in [4.78, 5) is 10.6. The second-order valence-corrected chi connectivity index (χ2v) is 8.98. The zero-order valence-corrected chi connectivity index (χ0v) is 15.1. The highest BCUT2D eigenvalue weighted by atomic mass is 32.2. The standard InChI is InChI=1S/C17H19NO5S2/c19-16(20)12-23-15-4-1-3-14(11-15)13-6-8-18(9-7-13)25(21,22)17-5-2-10-24-17/h1-5,10-11,13H,6-9,12H2,(H,19,20). The van der Waals surface area contributed by atoms with Gasteiger partial charge in [0.25, 0.3) is 10.0 Å². The largest absolute Gasteiger partial charge is 0.482 e. The van der Waals surface area contributed by atoms with Crippen molar-refractivity contribution in [2.75, 3.05) is 19.7 Å². The van der Waals surface area contributed by atoms with Crippen LogP contribution >= 0.6 is 11.3 Å². The molecule has 0 atom stereocenters. The van der Waals surface area contributed by atoms with Crippen molar-refractivity contribution in [1.82, 2.24) is 4.31 Å². The summed E-state index contributed by atoms with van der Waals surface area (Å²) in [5.74, 6) is -0.255. The Kier molecular flexibility index (Phi) is 5.41. The van der Waals surface area contributed by atoms with Crippen LogP contribution in [0.3, 0.4) is 0 Å². The highest BCUT2D eigenvalue weighted by Gasteiger charge is 2.30. The second-order valence-electron chi connectivity index (χ2n) is 5.87. The summed E-state index contributed by atoms with van der Waals surface area (Å²) < 4.78 is 32.3. The summed E-state index contributed by atoms with van der Waals surface area (Å²) in [7, 11) is -3.39. The van der Waals surface area contributed by atoms with Gasteiger partial charge in [-0.05, 0) is 47.9 Å². The summed E-state index contributed by atoms with van der Waals surface area (Å²) in [6, 6.07) is 10.8. The minimum atomic E-state index is -3.39. The molecule has 2 heterocycles. The predicted octanol–water partition coefficient (Wildman–Crippen LogP) is 2.78. The van der Waals surface area contributed by atoms with E-state index in [1.807, 2.05) is 18.2 Å². The first-order valence-corrected chi connectivity index (χ1v) is 10.3. The van der Waals surface area contributed by atoms with Crippen molar-refractivity contribution in [2.24, 2.45) is 0 Å². The van der Waals surface area contributed by atoms with Gasteiger partial charge in [-0.15, -0.1) is 11.3 Å². The van der Waals surface area contributed by atoms with E-state index in [4.69, 9.17) is 9.84 Å². The lowest BCUT2D eigenvalue weighted by Crippen LogP contribution is -2.37. The number of hydrogen-bond donors (Lipinski definition) is 1. The zero-order chi connectivity index (χ0) is 17.9. The van der Waals surface area contributed by atoms with Crippen LogP contribution in [-0.2, 0) is 14.8 Å². The minimum absolute atomic E-state index is 0.239. The number of benzene rings is 1. The molecular weight excluding hydrogens is 362 g/mol. The SMILES string of the molecule is O=C(O)COc1cccc(C2CCN(S(=O)(=O)c3cccs3)CC2)c1. The third-order valence-corrected chi connectivity index (χ3v) is 7.51. The molecule has 0 amide bonds. The van der Waals surface area contributed by atoms with E-state index >= 15 is 0 Å². The smallest absolute Gasteiger partial charge is 0.341 e. The van der Waals surface area contributed by atoms with Gasteiger partial charge < -0.3 is 9.84 Å². The molecule has 1 aliphatic rings. The van der Waals surface area contributed by atoms with E-state index in [1.54, 1.807) is 27.9 Å². The molecular formula is C17H19NO5S2. The number of piperidine rings is 1. The number of sulfonamides is 1. The van der Waals surface area contributed by atoms with E-state index in [1.165, 1.54) is 11.3 Å². The second kappa shape index (κ2) is 7.55. The van der Waals surface area contributed by atoms with Gasteiger partial charge in [-0.25, -0.2) is 13.2 Å². The first-order chi connectivity index (χ1) is 12.0. The van der Waals surface area contributed by atoms with Crippen LogP contribution in [0, 0.1) is 0 Å². The molecule has 1 fully saturated rings. The first kappa shape index (κ1) is 17.9. The fourth-order valence-electron chi connectivity index (χ4n) is 2.97. The molecule has 134 valence electrons. The fraction of sp³-hybridized carbons (Fsp3) is 0.353. The Morgan fingerprint density at radius 3 is 2.64 bits per heavy atom. The van der Waals surface area contributed by atoms with Crippen molar-refractivity contribution < 1.29 is 23.1 Å². The zero-order valence-electron chi connectivity index (χ0n) is 13.5. The molecule has 0 aliphatic carbocycles. The number of hydrogen-bond acceptors (Lipinski definition) is 5. The summed E-state index contributed by atoms with van der Waals surface area (Å²) in [6.45, 7) is 0.581. The molecule has 25 heavy (non-hydrogen) atoms. The van der Waals surface area contributed by atoms with E-state index in [0.29, 0.717) is 23.0 Å². The van der Waals surface area contributed by atoms with E-state index < -0.39 is 16.0 Å². The fourth-order valence-corrected chi connectivity index (χ4v) is 5.58. The van der Waals surface area contributed by atoms with Crippen LogP contribution in [0.1, 0.15) is 24.3 Å². The Bertz CT molecular complexity index is 824. The number of carbonyl (C=O) groups is 1. The molecule has 1 aromatic heterocycles. The highest BCUT2D eigenvalue weighted by molar-refractivity contribution is 7.91. The van der Waals surface area contributed by atoms with Gasteiger partial charge >= 0.3 is 5.97 Å². The topological polar surface area (TPSA) is 83.9 Å². The highest BCUT2D eigenvalue weighted by Crippen LogP contribution is 2.33. The van der Waals surface area contributed by atoms with Crippen molar-refractivity contribution in [3.05, 3.63) is 47.3 Å². The van der Waals surface area contributed by atoms with Crippen molar-refractivity contribution in [3.8, 4) is 5.75 Å². The van der Waals surface area contributed by atoms with Gasteiger partial charge in [-0.2, -0.15) is 4.31 Å². The van der Waals surface area contributed by atoms with Crippen molar-refractivity contribution >= 4 is 27.3 Å². The van der Waals surface area contributed by atoms with E-state index in [-0.39, 0.29) is 12.5 Å². The van der Waals surface area contributed by atoms with Crippen molar-refractivity contribution in [3.63, 3.8) is 0 Å². The van der Waals surface area contributed by atoms with Crippen LogP contribution in [-0.4, -0.2) is 43.5 Å². The quantitative estimate of drug-likeness (QED) is 0.832. The summed E-state index contributed by atoms with van der Waals surface area (Å²) in [5, 5.41) is 10.5. The van der Waals surface area contributed by atoms with Gasteiger partial charge in [0.15, 0.2) is 6.61 Å². The van der Waals surface area contributed by atoms with Crippen LogP contribution in [0.5, 0.6) is 5.75 Å². The molecule has 1 N–H and O–H groups in total. The Labute approximate surface area is 150 Å². The lowest BCUT2D eigenvalue weighted by atomic mass is 9.90. The normalized spacial score (nSPS) is 16.6. The Balaban J connectivity index is 1.64. The Morgan fingerprint density at radius 2 is 2.00 bits per heavy atom. The number of ether oxygens (including phenoxy) is 1. The van der Waals surface area contributed by atoms with Crippen LogP contribution in [0.15, 0.2) is 46.0 Å².